The summed E-state index contributed by atoms with van der Waals surface area (Å²) in [6, 6.07) is 3.27. The number of rotatable bonds is 2. The molecular formula is C9H9N3O3. The van der Waals surface area contributed by atoms with Crippen LogP contribution in [0.5, 0.6) is 0 Å². The van der Waals surface area contributed by atoms with E-state index in [-0.39, 0.29) is 18.1 Å². The molecule has 0 bridgehead atoms. The van der Waals surface area contributed by atoms with E-state index in [0.29, 0.717) is 11.2 Å². The van der Waals surface area contributed by atoms with Crippen LogP contribution in [-0.2, 0) is 6.61 Å². The molecule has 0 atom stereocenters. The largest absolute Gasteiger partial charge is 0.476 e. The summed E-state index contributed by atoms with van der Waals surface area (Å²) in [6.07, 6.45) is 1.56. The van der Waals surface area contributed by atoms with E-state index in [1.54, 1.807) is 18.3 Å². The van der Waals surface area contributed by atoms with Gasteiger partial charge in [0.1, 0.15) is 11.5 Å². The zero-order chi connectivity index (χ0) is 11.0. The van der Waals surface area contributed by atoms with E-state index in [1.807, 2.05) is 0 Å². The quantitative estimate of drug-likeness (QED) is 0.648. The second kappa shape index (κ2) is 3.25. The van der Waals surface area contributed by atoms with Crippen LogP contribution in [0.15, 0.2) is 18.3 Å². The molecule has 0 aliphatic rings. The second-order valence-corrected chi connectivity index (χ2v) is 3.07. The van der Waals surface area contributed by atoms with Gasteiger partial charge in [-0.3, -0.25) is 4.40 Å². The second-order valence-electron chi connectivity index (χ2n) is 3.07. The van der Waals surface area contributed by atoms with Crippen molar-refractivity contribution < 1.29 is 15.0 Å². The Morgan fingerprint density at radius 2 is 2.27 bits per heavy atom. The van der Waals surface area contributed by atoms with Crippen LogP contribution in [0.4, 0.5) is 5.82 Å². The van der Waals surface area contributed by atoms with Crippen molar-refractivity contribution in [3.05, 3.63) is 29.6 Å². The minimum Gasteiger partial charge on any atom is -0.476 e. The van der Waals surface area contributed by atoms with E-state index in [2.05, 4.69) is 4.98 Å². The van der Waals surface area contributed by atoms with Gasteiger partial charge < -0.3 is 15.9 Å². The van der Waals surface area contributed by atoms with Crippen LogP contribution >= 0.6 is 0 Å². The number of aliphatic hydroxyl groups excluding tert-OH is 1. The molecule has 0 saturated heterocycles. The van der Waals surface area contributed by atoms with Gasteiger partial charge in [-0.05, 0) is 11.6 Å². The Bertz CT molecular complexity index is 533. The van der Waals surface area contributed by atoms with Crippen LogP contribution in [0.25, 0.3) is 5.65 Å². The first-order chi connectivity index (χ1) is 7.13. The number of imidazole rings is 1. The number of aromatic carboxylic acids is 1. The molecule has 0 aromatic carbocycles. The standard InChI is InChI=1S/C9H9N3O3/c10-8-7(9(14)15)11-6-2-1-5(4-13)3-12(6)8/h1-3,13H,4,10H2,(H,14,15). The van der Waals surface area contributed by atoms with Crippen molar-refractivity contribution in [2.75, 3.05) is 5.73 Å². The number of hydrogen-bond donors (Lipinski definition) is 3. The van der Waals surface area contributed by atoms with Gasteiger partial charge in [0.15, 0.2) is 5.69 Å². The Labute approximate surface area is 84.6 Å². The number of nitrogens with zero attached hydrogens (tertiary/aromatic N) is 2. The number of aliphatic hydroxyl groups is 1. The lowest BCUT2D eigenvalue weighted by Crippen LogP contribution is -2.02. The summed E-state index contributed by atoms with van der Waals surface area (Å²) < 4.78 is 1.44. The van der Waals surface area contributed by atoms with Gasteiger partial charge in [0.25, 0.3) is 0 Å². The molecule has 2 heterocycles. The summed E-state index contributed by atoms with van der Waals surface area (Å²) in [7, 11) is 0. The van der Waals surface area contributed by atoms with Gasteiger partial charge in [-0.2, -0.15) is 0 Å². The Morgan fingerprint density at radius 3 is 2.87 bits per heavy atom. The lowest BCUT2D eigenvalue weighted by molar-refractivity contribution is 0.0692. The molecule has 0 amide bonds. The van der Waals surface area contributed by atoms with Gasteiger partial charge >= 0.3 is 5.97 Å². The summed E-state index contributed by atoms with van der Waals surface area (Å²) in [5.74, 6) is -1.10. The van der Waals surface area contributed by atoms with Gasteiger partial charge in [-0.15, -0.1) is 0 Å². The van der Waals surface area contributed by atoms with E-state index in [9.17, 15) is 4.79 Å². The minimum atomic E-state index is -1.17. The highest BCUT2D eigenvalue weighted by Crippen LogP contribution is 2.15. The van der Waals surface area contributed by atoms with Crippen LogP contribution in [0.3, 0.4) is 0 Å². The zero-order valence-electron chi connectivity index (χ0n) is 7.71. The van der Waals surface area contributed by atoms with Crippen molar-refractivity contribution in [3.63, 3.8) is 0 Å². The van der Waals surface area contributed by atoms with Crippen LogP contribution < -0.4 is 5.73 Å². The Balaban J connectivity index is 2.72. The maximum Gasteiger partial charge on any atom is 0.358 e. The number of carboxylic acids is 1. The molecule has 0 aliphatic heterocycles. The first-order valence-corrected chi connectivity index (χ1v) is 4.24. The average Bonchev–Trinajstić information content (AvgIpc) is 2.56. The molecule has 78 valence electrons. The van der Waals surface area contributed by atoms with Gasteiger partial charge in [-0.25, -0.2) is 9.78 Å². The molecule has 0 spiro atoms. The van der Waals surface area contributed by atoms with E-state index in [0.717, 1.165) is 0 Å². The molecule has 2 rings (SSSR count). The third kappa shape index (κ3) is 1.40. The Morgan fingerprint density at radius 1 is 1.53 bits per heavy atom. The third-order valence-electron chi connectivity index (χ3n) is 2.10. The number of carbonyl (C=O) groups is 1. The van der Waals surface area contributed by atoms with Gasteiger partial charge in [0.05, 0.1) is 6.61 Å². The molecule has 15 heavy (non-hydrogen) atoms. The first-order valence-electron chi connectivity index (χ1n) is 4.24. The summed E-state index contributed by atoms with van der Waals surface area (Å²) in [5, 5.41) is 17.7. The van der Waals surface area contributed by atoms with Crippen molar-refractivity contribution in [1.82, 2.24) is 9.38 Å². The minimum absolute atomic E-state index is 0.0628. The molecule has 0 aliphatic carbocycles. The summed E-state index contributed by atoms with van der Waals surface area (Å²) >= 11 is 0. The Kier molecular flexibility index (Phi) is 2.05. The van der Waals surface area contributed by atoms with Gasteiger partial charge in [0, 0.05) is 6.20 Å². The number of carboxylic acid groups (broad SMARTS) is 1. The lowest BCUT2D eigenvalue weighted by atomic mass is 10.3. The van der Waals surface area contributed by atoms with Crippen LogP contribution in [0, 0.1) is 0 Å². The van der Waals surface area contributed by atoms with Gasteiger partial charge in [-0.1, -0.05) is 6.07 Å². The third-order valence-corrected chi connectivity index (χ3v) is 2.10. The number of fused-ring (bicyclic) bond motifs is 1. The van der Waals surface area contributed by atoms with Crippen molar-refractivity contribution >= 4 is 17.4 Å². The van der Waals surface area contributed by atoms with E-state index < -0.39 is 5.97 Å². The molecule has 6 nitrogen and oxygen atoms in total. The highest BCUT2D eigenvalue weighted by molar-refractivity contribution is 5.91. The first kappa shape index (κ1) is 9.47. The normalized spacial score (nSPS) is 10.7. The molecule has 4 N–H and O–H groups in total. The number of nitrogen functional groups attached to an aromatic ring is 1. The lowest BCUT2D eigenvalue weighted by Gasteiger charge is -1.99. The molecule has 2 aromatic rings. The fraction of sp³-hybridized carbons (Fsp3) is 0.111. The van der Waals surface area contributed by atoms with Crippen molar-refractivity contribution in [2.45, 2.75) is 6.61 Å². The summed E-state index contributed by atoms with van der Waals surface area (Å²) in [6.45, 7) is -0.129. The van der Waals surface area contributed by atoms with E-state index in [1.165, 1.54) is 4.40 Å². The monoisotopic (exact) mass is 207 g/mol. The van der Waals surface area contributed by atoms with Crippen LogP contribution in [0.1, 0.15) is 16.1 Å². The van der Waals surface area contributed by atoms with E-state index >= 15 is 0 Å². The number of anilines is 1. The summed E-state index contributed by atoms with van der Waals surface area (Å²) in [5.41, 5.74) is 6.51. The molecule has 6 heteroatoms. The highest BCUT2D eigenvalue weighted by Gasteiger charge is 2.15. The molecule has 0 radical (unpaired) electrons. The SMILES string of the molecule is Nc1c(C(=O)O)nc2ccc(CO)cn12. The fourth-order valence-electron chi connectivity index (χ4n) is 1.36. The van der Waals surface area contributed by atoms with Gasteiger partial charge in [0.2, 0.25) is 0 Å². The maximum atomic E-state index is 10.7. The van der Waals surface area contributed by atoms with Crippen molar-refractivity contribution in [2.24, 2.45) is 0 Å². The molecule has 0 fully saturated rings. The zero-order valence-corrected chi connectivity index (χ0v) is 7.71. The topological polar surface area (TPSA) is 101 Å². The average molecular weight is 207 g/mol. The number of pyridine rings is 1. The number of nitrogens with two attached hydrogens (primary N) is 1. The predicted molar refractivity (Wildman–Crippen MR) is 52.5 cm³/mol. The molecule has 0 saturated carbocycles. The van der Waals surface area contributed by atoms with Crippen LogP contribution in [0.2, 0.25) is 0 Å². The fourth-order valence-corrected chi connectivity index (χ4v) is 1.36. The smallest absolute Gasteiger partial charge is 0.358 e. The number of hydrogen-bond acceptors (Lipinski definition) is 4. The Hall–Kier alpha value is -2.08. The highest BCUT2D eigenvalue weighted by atomic mass is 16.4. The maximum absolute atomic E-state index is 10.7. The predicted octanol–water partition coefficient (Wildman–Crippen LogP) is 0.107. The van der Waals surface area contributed by atoms with Crippen LogP contribution in [-0.4, -0.2) is 25.6 Å². The molecule has 0 unspecified atom stereocenters. The van der Waals surface area contributed by atoms with E-state index in [4.69, 9.17) is 15.9 Å². The van der Waals surface area contributed by atoms with Crippen molar-refractivity contribution in [1.29, 1.82) is 0 Å². The molecular weight excluding hydrogens is 198 g/mol. The summed E-state index contributed by atoms with van der Waals surface area (Å²) in [4.78, 5) is 14.6. The number of aromatic nitrogens is 2. The van der Waals surface area contributed by atoms with Crippen molar-refractivity contribution in [3.8, 4) is 0 Å². The molecule has 2 aromatic heterocycles.